The molecule has 0 aliphatic heterocycles. The molecule has 3 aromatic rings. The van der Waals surface area contributed by atoms with Gasteiger partial charge >= 0.3 is 12.1 Å². The van der Waals surface area contributed by atoms with Crippen molar-refractivity contribution in [3.63, 3.8) is 0 Å². The SMILES string of the molecule is O=C(O)CC(NC(=O)OCC1c2ccccc2-c2ccccc21)c1ccccn1. The smallest absolute Gasteiger partial charge is 0.407 e. The lowest BCUT2D eigenvalue weighted by Gasteiger charge is -2.18. The van der Waals surface area contributed by atoms with Crippen molar-refractivity contribution in [3.05, 3.63) is 89.7 Å². The number of hydrogen-bond donors (Lipinski definition) is 2. The highest BCUT2D eigenvalue weighted by Crippen LogP contribution is 2.44. The Morgan fingerprint density at radius 2 is 1.59 bits per heavy atom. The topological polar surface area (TPSA) is 88.5 Å². The molecule has 0 bridgehead atoms. The lowest BCUT2D eigenvalue weighted by atomic mass is 9.98. The molecular weight excluding hydrogens is 368 g/mol. The Hall–Kier alpha value is -3.67. The van der Waals surface area contributed by atoms with Crippen LogP contribution in [0.5, 0.6) is 0 Å². The highest BCUT2D eigenvalue weighted by atomic mass is 16.5. The Labute approximate surface area is 168 Å². The van der Waals surface area contributed by atoms with E-state index in [1.165, 1.54) is 0 Å². The number of nitrogens with zero attached hydrogens (tertiary/aromatic N) is 1. The maximum Gasteiger partial charge on any atom is 0.407 e. The molecule has 1 heterocycles. The summed E-state index contributed by atoms with van der Waals surface area (Å²) in [6, 6.07) is 20.6. The number of pyridine rings is 1. The number of alkyl carbamates (subject to hydrolysis) is 1. The van der Waals surface area contributed by atoms with Gasteiger partial charge in [-0.1, -0.05) is 54.6 Å². The average Bonchev–Trinajstić information content (AvgIpc) is 3.06. The van der Waals surface area contributed by atoms with Crippen molar-refractivity contribution in [1.82, 2.24) is 10.3 Å². The van der Waals surface area contributed by atoms with E-state index in [0.29, 0.717) is 5.69 Å². The molecule has 1 atom stereocenters. The first kappa shape index (κ1) is 18.7. The first-order valence-electron chi connectivity index (χ1n) is 9.37. The molecule has 1 unspecified atom stereocenters. The van der Waals surface area contributed by atoms with E-state index in [1.54, 1.807) is 24.4 Å². The van der Waals surface area contributed by atoms with Gasteiger partial charge in [0.1, 0.15) is 6.61 Å². The molecule has 0 radical (unpaired) electrons. The van der Waals surface area contributed by atoms with E-state index in [4.69, 9.17) is 9.84 Å². The van der Waals surface area contributed by atoms with Crippen molar-refractivity contribution in [2.75, 3.05) is 6.61 Å². The van der Waals surface area contributed by atoms with Crippen molar-refractivity contribution >= 4 is 12.1 Å². The van der Waals surface area contributed by atoms with Crippen molar-refractivity contribution in [2.24, 2.45) is 0 Å². The number of rotatable bonds is 6. The Morgan fingerprint density at radius 3 is 2.17 bits per heavy atom. The molecule has 0 saturated heterocycles. The first-order valence-corrected chi connectivity index (χ1v) is 9.37. The minimum atomic E-state index is -1.03. The zero-order valence-corrected chi connectivity index (χ0v) is 15.6. The number of carbonyl (C=O) groups excluding carboxylic acids is 1. The summed E-state index contributed by atoms with van der Waals surface area (Å²) in [5, 5.41) is 11.8. The van der Waals surface area contributed by atoms with Crippen LogP contribution in [0.15, 0.2) is 72.9 Å². The molecule has 6 nitrogen and oxygen atoms in total. The number of nitrogens with one attached hydrogen (secondary N) is 1. The highest BCUT2D eigenvalue weighted by molar-refractivity contribution is 5.79. The number of amides is 1. The maximum atomic E-state index is 12.4. The molecule has 0 spiro atoms. The lowest BCUT2D eigenvalue weighted by Crippen LogP contribution is -2.32. The normalized spacial score (nSPS) is 13.2. The number of ether oxygens (including phenoxy) is 1. The highest BCUT2D eigenvalue weighted by Gasteiger charge is 2.29. The summed E-state index contributed by atoms with van der Waals surface area (Å²) in [4.78, 5) is 27.8. The third-order valence-corrected chi connectivity index (χ3v) is 5.06. The van der Waals surface area contributed by atoms with E-state index < -0.39 is 18.1 Å². The second-order valence-corrected chi connectivity index (χ2v) is 6.87. The number of aromatic nitrogens is 1. The second kappa shape index (κ2) is 8.14. The number of aliphatic carboxylic acids is 1. The van der Waals surface area contributed by atoms with Gasteiger partial charge < -0.3 is 15.2 Å². The molecule has 2 N–H and O–H groups in total. The van der Waals surface area contributed by atoms with Gasteiger partial charge in [0.25, 0.3) is 0 Å². The molecule has 146 valence electrons. The lowest BCUT2D eigenvalue weighted by molar-refractivity contribution is -0.137. The van der Waals surface area contributed by atoms with Crippen LogP contribution >= 0.6 is 0 Å². The van der Waals surface area contributed by atoms with Crippen LogP contribution in [0.2, 0.25) is 0 Å². The van der Waals surface area contributed by atoms with E-state index in [9.17, 15) is 9.59 Å². The van der Waals surface area contributed by atoms with Crippen molar-refractivity contribution in [1.29, 1.82) is 0 Å². The molecule has 0 fully saturated rings. The quantitative estimate of drug-likeness (QED) is 0.663. The van der Waals surface area contributed by atoms with Crippen LogP contribution in [0.3, 0.4) is 0 Å². The Kier molecular flexibility index (Phi) is 5.24. The molecule has 29 heavy (non-hydrogen) atoms. The minimum absolute atomic E-state index is 0.0547. The van der Waals surface area contributed by atoms with Gasteiger partial charge in [0.2, 0.25) is 0 Å². The van der Waals surface area contributed by atoms with Gasteiger partial charge in [0, 0.05) is 12.1 Å². The molecule has 4 rings (SSSR count). The van der Waals surface area contributed by atoms with Gasteiger partial charge in [-0.25, -0.2) is 4.79 Å². The number of carboxylic acid groups (broad SMARTS) is 1. The molecule has 1 aliphatic rings. The Morgan fingerprint density at radius 1 is 0.966 bits per heavy atom. The Bertz CT molecular complexity index is 990. The van der Waals surface area contributed by atoms with Gasteiger partial charge in [-0.05, 0) is 34.4 Å². The number of fused-ring (bicyclic) bond motifs is 3. The number of carboxylic acids is 1. The summed E-state index contributed by atoms with van der Waals surface area (Å²) in [5.41, 5.74) is 5.01. The maximum absolute atomic E-state index is 12.4. The van der Waals surface area contributed by atoms with Crippen LogP contribution in [0.1, 0.15) is 35.2 Å². The third-order valence-electron chi connectivity index (χ3n) is 5.06. The van der Waals surface area contributed by atoms with E-state index in [0.717, 1.165) is 22.3 Å². The monoisotopic (exact) mass is 388 g/mol. The van der Waals surface area contributed by atoms with Gasteiger partial charge in [-0.15, -0.1) is 0 Å². The summed E-state index contributed by atoms with van der Waals surface area (Å²) in [5.74, 6) is -1.08. The summed E-state index contributed by atoms with van der Waals surface area (Å²) in [6.07, 6.45) is 0.619. The van der Waals surface area contributed by atoms with E-state index in [1.807, 2.05) is 36.4 Å². The fourth-order valence-corrected chi connectivity index (χ4v) is 3.77. The second-order valence-electron chi connectivity index (χ2n) is 6.87. The van der Waals surface area contributed by atoms with Gasteiger partial charge in [-0.3, -0.25) is 9.78 Å². The fraction of sp³-hybridized carbons (Fsp3) is 0.174. The zero-order valence-electron chi connectivity index (χ0n) is 15.6. The molecule has 0 saturated carbocycles. The predicted octanol–water partition coefficient (Wildman–Crippen LogP) is 4.14. The van der Waals surface area contributed by atoms with Gasteiger partial charge in [-0.2, -0.15) is 0 Å². The van der Waals surface area contributed by atoms with E-state index in [2.05, 4.69) is 22.4 Å². The van der Waals surface area contributed by atoms with E-state index >= 15 is 0 Å². The largest absolute Gasteiger partial charge is 0.481 e. The van der Waals surface area contributed by atoms with Gasteiger partial charge in [0.05, 0.1) is 18.2 Å². The van der Waals surface area contributed by atoms with Crippen molar-refractivity contribution in [2.45, 2.75) is 18.4 Å². The van der Waals surface area contributed by atoms with Crippen LogP contribution in [0, 0.1) is 0 Å². The molecule has 6 heteroatoms. The summed E-state index contributed by atoms with van der Waals surface area (Å²) < 4.78 is 5.50. The van der Waals surface area contributed by atoms with E-state index in [-0.39, 0.29) is 18.9 Å². The van der Waals surface area contributed by atoms with Crippen LogP contribution < -0.4 is 5.32 Å². The first-order chi connectivity index (χ1) is 14.1. The molecule has 1 aromatic heterocycles. The zero-order chi connectivity index (χ0) is 20.2. The number of hydrogen-bond acceptors (Lipinski definition) is 4. The third kappa shape index (κ3) is 3.96. The minimum Gasteiger partial charge on any atom is -0.481 e. The molecule has 2 aromatic carbocycles. The Balaban J connectivity index is 1.47. The van der Waals surface area contributed by atoms with Crippen molar-refractivity contribution < 1.29 is 19.4 Å². The van der Waals surface area contributed by atoms with Gasteiger partial charge in [0.15, 0.2) is 0 Å². The van der Waals surface area contributed by atoms with Crippen LogP contribution in [0.4, 0.5) is 4.79 Å². The average molecular weight is 388 g/mol. The molecule has 1 amide bonds. The predicted molar refractivity (Wildman–Crippen MR) is 107 cm³/mol. The van der Waals surface area contributed by atoms with Crippen LogP contribution in [-0.2, 0) is 9.53 Å². The van der Waals surface area contributed by atoms with Crippen LogP contribution in [-0.4, -0.2) is 28.8 Å². The molecular formula is C23H20N2O4. The summed E-state index contributed by atoms with van der Waals surface area (Å²) >= 11 is 0. The standard InChI is InChI=1S/C23H20N2O4/c26-22(27)13-21(20-11-5-6-12-24-20)25-23(28)29-14-19-17-9-3-1-7-15(17)16-8-2-4-10-18(16)19/h1-12,19,21H,13-14H2,(H,25,28)(H,26,27). The molecule has 1 aliphatic carbocycles. The summed E-state index contributed by atoms with van der Waals surface area (Å²) in [7, 11) is 0. The number of carbonyl (C=O) groups is 2. The fourth-order valence-electron chi connectivity index (χ4n) is 3.77. The van der Waals surface area contributed by atoms with Crippen molar-refractivity contribution in [3.8, 4) is 11.1 Å². The summed E-state index contributed by atoms with van der Waals surface area (Å²) in [6.45, 7) is 0.169. The van der Waals surface area contributed by atoms with Crippen LogP contribution in [0.25, 0.3) is 11.1 Å². The number of benzene rings is 2.